The van der Waals surface area contributed by atoms with Gasteiger partial charge in [-0.2, -0.15) is 0 Å². The van der Waals surface area contributed by atoms with Crippen molar-refractivity contribution >= 4 is 16.8 Å². The molecule has 0 saturated heterocycles. The monoisotopic (exact) mass is 268 g/mol. The minimum absolute atomic E-state index is 0.00543. The number of hydrogen-bond acceptors (Lipinski definition) is 2. The maximum Gasteiger partial charge on any atom is 0.202 e. The molecule has 100 valence electrons. The fourth-order valence-electron chi connectivity index (χ4n) is 2.20. The zero-order valence-electron chi connectivity index (χ0n) is 11.0. The van der Waals surface area contributed by atoms with E-state index in [-0.39, 0.29) is 23.8 Å². The van der Waals surface area contributed by atoms with Crippen LogP contribution in [0.2, 0.25) is 0 Å². The summed E-state index contributed by atoms with van der Waals surface area (Å²) < 4.78 is 19.1. The Balaban J connectivity index is 1.91. The largest absolute Gasteiger partial charge is 0.453 e. The lowest BCUT2D eigenvalue weighted by Gasteiger charge is -2.00. The van der Waals surface area contributed by atoms with Crippen molar-refractivity contribution in [3.05, 3.63) is 71.2 Å². The summed E-state index contributed by atoms with van der Waals surface area (Å²) in [5.41, 5.74) is 2.16. The van der Waals surface area contributed by atoms with Gasteiger partial charge < -0.3 is 4.42 Å². The van der Waals surface area contributed by atoms with Crippen molar-refractivity contribution in [2.75, 3.05) is 0 Å². The van der Waals surface area contributed by atoms with Crippen LogP contribution < -0.4 is 0 Å². The summed E-state index contributed by atoms with van der Waals surface area (Å²) in [6, 6.07) is 13.7. The van der Waals surface area contributed by atoms with Crippen molar-refractivity contribution in [3.63, 3.8) is 0 Å². The maximum absolute atomic E-state index is 13.5. The summed E-state index contributed by atoms with van der Waals surface area (Å²) >= 11 is 0. The number of aryl methyl sites for hydroxylation is 1. The molecule has 1 heterocycles. The minimum Gasteiger partial charge on any atom is -0.453 e. The molecule has 0 saturated carbocycles. The molecule has 0 spiro atoms. The maximum atomic E-state index is 13.5. The SMILES string of the molecule is Cc1ccc2oc(C(=O)Cc3ccccc3F)cc2c1. The van der Waals surface area contributed by atoms with Gasteiger partial charge in [0.05, 0.1) is 0 Å². The number of carbonyl (C=O) groups is 1. The van der Waals surface area contributed by atoms with Crippen LogP contribution in [-0.4, -0.2) is 5.78 Å². The molecule has 0 aliphatic rings. The third-order valence-electron chi connectivity index (χ3n) is 3.26. The predicted octanol–water partition coefficient (Wildman–Crippen LogP) is 4.31. The second kappa shape index (κ2) is 4.93. The fraction of sp³-hybridized carbons (Fsp3) is 0.118. The van der Waals surface area contributed by atoms with Gasteiger partial charge in [0.2, 0.25) is 5.78 Å². The summed E-state index contributed by atoms with van der Waals surface area (Å²) in [7, 11) is 0. The highest BCUT2D eigenvalue weighted by Gasteiger charge is 2.14. The molecule has 2 aromatic carbocycles. The van der Waals surface area contributed by atoms with Crippen LogP contribution in [0.5, 0.6) is 0 Å². The molecule has 3 aromatic rings. The molecular formula is C17H13FO2. The molecule has 0 radical (unpaired) electrons. The summed E-state index contributed by atoms with van der Waals surface area (Å²) in [5.74, 6) is -0.314. The number of fused-ring (bicyclic) bond motifs is 1. The Morgan fingerprint density at radius 1 is 1.15 bits per heavy atom. The Morgan fingerprint density at radius 3 is 2.75 bits per heavy atom. The Hall–Kier alpha value is -2.42. The van der Waals surface area contributed by atoms with Crippen LogP contribution in [0.25, 0.3) is 11.0 Å². The third-order valence-corrected chi connectivity index (χ3v) is 3.26. The Bertz CT molecular complexity index is 787. The van der Waals surface area contributed by atoms with E-state index in [0.29, 0.717) is 11.1 Å². The minimum atomic E-state index is -0.368. The summed E-state index contributed by atoms with van der Waals surface area (Å²) in [4.78, 5) is 12.2. The Labute approximate surface area is 115 Å². The highest BCUT2D eigenvalue weighted by molar-refractivity contribution is 5.98. The standard InChI is InChI=1S/C17H13FO2/c1-11-6-7-16-13(8-11)10-17(20-16)15(19)9-12-4-2-3-5-14(12)18/h2-8,10H,9H2,1H3. The van der Waals surface area contributed by atoms with E-state index in [0.717, 1.165) is 10.9 Å². The van der Waals surface area contributed by atoms with Crippen molar-refractivity contribution in [2.24, 2.45) is 0 Å². The number of ketones is 1. The second-order valence-corrected chi connectivity index (χ2v) is 4.84. The van der Waals surface area contributed by atoms with Gasteiger partial charge in [0, 0.05) is 11.8 Å². The van der Waals surface area contributed by atoms with Gasteiger partial charge in [-0.05, 0) is 36.8 Å². The zero-order chi connectivity index (χ0) is 14.1. The van der Waals surface area contributed by atoms with Crippen LogP contribution in [-0.2, 0) is 6.42 Å². The highest BCUT2D eigenvalue weighted by Crippen LogP contribution is 2.22. The molecule has 0 N–H and O–H groups in total. The van der Waals surface area contributed by atoms with Crippen molar-refractivity contribution in [1.29, 1.82) is 0 Å². The molecule has 1 aromatic heterocycles. The van der Waals surface area contributed by atoms with Crippen molar-refractivity contribution in [2.45, 2.75) is 13.3 Å². The lowest BCUT2D eigenvalue weighted by atomic mass is 10.1. The smallest absolute Gasteiger partial charge is 0.202 e. The molecule has 0 amide bonds. The van der Waals surface area contributed by atoms with Crippen LogP contribution in [0.4, 0.5) is 4.39 Å². The van der Waals surface area contributed by atoms with Gasteiger partial charge in [-0.25, -0.2) is 4.39 Å². The zero-order valence-corrected chi connectivity index (χ0v) is 11.0. The first-order valence-electron chi connectivity index (χ1n) is 6.40. The van der Waals surface area contributed by atoms with E-state index in [2.05, 4.69) is 0 Å². The van der Waals surface area contributed by atoms with Gasteiger partial charge in [-0.3, -0.25) is 4.79 Å². The lowest BCUT2D eigenvalue weighted by molar-refractivity contribution is 0.0967. The van der Waals surface area contributed by atoms with Gasteiger partial charge in [0.15, 0.2) is 5.76 Å². The van der Waals surface area contributed by atoms with Gasteiger partial charge in [0.25, 0.3) is 0 Å². The molecule has 2 nitrogen and oxygen atoms in total. The summed E-state index contributed by atoms with van der Waals surface area (Å²) in [5, 5.41) is 0.891. The topological polar surface area (TPSA) is 30.2 Å². The van der Waals surface area contributed by atoms with Crippen molar-refractivity contribution in [1.82, 2.24) is 0 Å². The molecule has 3 rings (SSSR count). The average molecular weight is 268 g/mol. The Morgan fingerprint density at radius 2 is 1.95 bits per heavy atom. The Kier molecular flexibility index (Phi) is 3.11. The molecule has 3 heteroatoms. The van der Waals surface area contributed by atoms with E-state index in [1.807, 2.05) is 25.1 Å². The molecule has 0 aliphatic heterocycles. The van der Waals surface area contributed by atoms with Crippen LogP contribution in [0.3, 0.4) is 0 Å². The van der Waals surface area contributed by atoms with E-state index in [1.165, 1.54) is 6.07 Å². The molecular weight excluding hydrogens is 255 g/mol. The van der Waals surface area contributed by atoms with Gasteiger partial charge in [0.1, 0.15) is 11.4 Å². The number of Topliss-reactive ketones (excluding diaryl/α,β-unsaturated/α-hetero) is 1. The lowest BCUT2D eigenvalue weighted by Crippen LogP contribution is -2.03. The van der Waals surface area contributed by atoms with E-state index in [9.17, 15) is 9.18 Å². The van der Waals surface area contributed by atoms with E-state index >= 15 is 0 Å². The van der Waals surface area contributed by atoms with E-state index in [1.54, 1.807) is 24.3 Å². The van der Waals surface area contributed by atoms with Gasteiger partial charge >= 0.3 is 0 Å². The van der Waals surface area contributed by atoms with Crippen LogP contribution in [0.15, 0.2) is 52.9 Å². The van der Waals surface area contributed by atoms with E-state index in [4.69, 9.17) is 4.42 Å². The quantitative estimate of drug-likeness (QED) is 0.663. The first kappa shape index (κ1) is 12.6. The first-order chi connectivity index (χ1) is 9.63. The number of halogens is 1. The van der Waals surface area contributed by atoms with Crippen molar-refractivity contribution < 1.29 is 13.6 Å². The predicted molar refractivity (Wildman–Crippen MR) is 75.4 cm³/mol. The number of rotatable bonds is 3. The molecule has 0 unspecified atom stereocenters. The molecule has 0 aliphatic carbocycles. The average Bonchev–Trinajstić information content (AvgIpc) is 2.84. The summed E-state index contributed by atoms with van der Waals surface area (Å²) in [6.45, 7) is 1.98. The van der Waals surface area contributed by atoms with Gasteiger partial charge in [-0.1, -0.05) is 29.8 Å². The first-order valence-corrected chi connectivity index (χ1v) is 6.40. The number of furan rings is 1. The molecule has 20 heavy (non-hydrogen) atoms. The highest BCUT2D eigenvalue weighted by atomic mass is 19.1. The fourth-order valence-corrected chi connectivity index (χ4v) is 2.20. The van der Waals surface area contributed by atoms with E-state index < -0.39 is 0 Å². The number of hydrogen-bond donors (Lipinski definition) is 0. The molecule has 0 fully saturated rings. The summed E-state index contributed by atoms with van der Waals surface area (Å²) in [6.07, 6.45) is 0.00543. The number of benzene rings is 2. The van der Waals surface area contributed by atoms with Crippen LogP contribution in [0.1, 0.15) is 21.7 Å². The normalized spacial score (nSPS) is 10.9. The number of carbonyl (C=O) groups excluding carboxylic acids is 1. The van der Waals surface area contributed by atoms with Crippen LogP contribution >= 0.6 is 0 Å². The van der Waals surface area contributed by atoms with Gasteiger partial charge in [-0.15, -0.1) is 0 Å². The molecule has 0 bridgehead atoms. The van der Waals surface area contributed by atoms with Crippen molar-refractivity contribution in [3.8, 4) is 0 Å². The second-order valence-electron chi connectivity index (χ2n) is 4.84. The third kappa shape index (κ3) is 2.35. The van der Waals surface area contributed by atoms with Crippen LogP contribution in [0, 0.1) is 12.7 Å². The molecule has 0 atom stereocenters.